The van der Waals surface area contributed by atoms with Gasteiger partial charge in [0.25, 0.3) is 5.91 Å². The zero-order valence-electron chi connectivity index (χ0n) is 19.4. The van der Waals surface area contributed by atoms with E-state index in [1.54, 1.807) is 49.4 Å². The molecule has 0 unspecified atom stereocenters. The summed E-state index contributed by atoms with van der Waals surface area (Å²) in [5.74, 6) is -0.187. The molecule has 1 aliphatic heterocycles. The Kier molecular flexibility index (Phi) is 8.24. The maximum Gasteiger partial charge on any atom is 0.323 e. The maximum absolute atomic E-state index is 13.8. The lowest BCUT2D eigenvalue weighted by molar-refractivity contribution is 0.0281. The lowest BCUT2D eigenvalue weighted by Crippen LogP contribution is -2.44. The number of nitrogens with zero attached hydrogens (tertiary/aromatic N) is 1. The zero-order chi connectivity index (χ0) is 24.0. The molecule has 2 aromatic carbocycles. The van der Waals surface area contributed by atoms with Crippen molar-refractivity contribution in [2.24, 2.45) is 5.92 Å². The topological polar surface area (TPSA) is 91.9 Å². The number of hydrogen-bond acceptors (Lipinski definition) is 5. The molecule has 0 radical (unpaired) electrons. The summed E-state index contributed by atoms with van der Waals surface area (Å²) >= 11 is 0. The molecular formula is C24H31FN4O4. The molecule has 0 aliphatic carbocycles. The van der Waals surface area contributed by atoms with Crippen LogP contribution >= 0.6 is 0 Å². The van der Waals surface area contributed by atoms with Crippen LogP contribution < -0.4 is 20.7 Å². The molecule has 0 aromatic heterocycles. The van der Waals surface area contributed by atoms with Crippen LogP contribution in [0.4, 0.5) is 20.6 Å². The molecule has 9 heteroatoms. The number of fused-ring (bicyclic) bond motifs is 1. The minimum Gasteiger partial charge on any atom is -0.491 e. The van der Waals surface area contributed by atoms with Crippen LogP contribution in [0.2, 0.25) is 0 Å². The minimum absolute atomic E-state index is 0.0334. The summed E-state index contributed by atoms with van der Waals surface area (Å²) in [6, 6.07) is 10.1. The van der Waals surface area contributed by atoms with Gasteiger partial charge < -0.3 is 30.3 Å². The van der Waals surface area contributed by atoms with Gasteiger partial charge in [-0.1, -0.05) is 19.1 Å². The molecule has 0 saturated heterocycles. The smallest absolute Gasteiger partial charge is 0.323 e. The van der Waals surface area contributed by atoms with Crippen molar-refractivity contribution in [3.05, 3.63) is 53.8 Å². The number of rotatable bonds is 3. The second kappa shape index (κ2) is 11.1. The summed E-state index contributed by atoms with van der Waals surface area (Å²) < 4.78 is 25.4. The Labute approximate surface area is 193 Å². The van der Waals surface area contributed by atoms with Gasteiger partial charge in [-0.3, -0.25) is 4.79 Å². The van der Waals surface area contributed by atoms with Crippen LogP contribution in [0.3, 0.4) is 0 Å². The molecule has 8 nitrogen and oxygen atoms in total. The van der Waals surface area contributed by atoms with E-state index in [4.69, 9.17) is 9.47 Å². The molecule has 0 fully saturated rings. The standard InChI is InChI=1S/C24H31FN4O4/c1-15-12-26-16(2)14-33-21-11-17(27-24(31)28-20-8-6-5-7-19(20)25)9-10-18(21)23(30)29(3)13-22(15)32-4/h5-11,15-16,22,26H,12-14H2,1-4H3,(H2,27,28,31)/t15-,16-,22+/m0/s1. The van der Waals surface area contributed by atoms with E-state index in [2.05, 4.69) is 22.9 Å². The van der Waals surface area contributed by atoms with Crippen molar-refractivity contribution in [1.29, 1.82) is 0 Å². The number of amides is 3. The molecule has 3 N–H and O–H groups in total. The Hall–Kier alpha value is -3.17. The predicted octanol–water partition coefficient (Wildman–Crippen LogP) is 3.56. The van der Waals surface area contributed by atoms with Gasteiger partial charge in [0, 0.05) is 45.0 Å². The molecule has 1 aliphatic rings. The van der Waals surface area contributed by atoms with Gasteiger partial charge in [0.1, 0.15) is 18.2 Å². The molecule has 2 aromatic rings. The highest BCUT2D eigenvalue weighted by Crippen LogP contribution is 2.26. The molecule has 3 amide bonds. The number of nitrogens with one attached hydrogen (secondary N) is 3. The van der Waals surface area contributed by atoms with Gasteiger partial charge in [-0.05, 0) is 37.1 Å². The first kappa shape index (κ1) is 24.5. The summed E-state index contributed by atoms with van der Waals surface area (Å²) in [5.41, 5.74) is 0.859. The number of hydrogen-bond donors (Lipinski definition) is 3. The van der Waals surface area contributed by atoms with E-state index >= 15 is 0 Å². The van der Waals surface area contributed by atoms with Gasteiger partial charge >= 0.3 is 6.03 Å². The molecule has 3 atom stereocenters. The molecule has 33 heavy (non-hydrogen) atoms. The molecule has 1 heterocycles. The van der Waals surface area contributed by atoms with Gasteiger partial charge in [0.05, 0.1) is 17.4 Å². The quantitative estimate of drug-likeness (QED) is 0.654. The lowest BCUT2D eigenvalue weighted by Gasteiger charge is -2.30. The number of urea groups is 1. The maximum atomic E-state index is 13.8. The number of likely N-dealkylation sites (N-methyl/N-ethyl adjacent to an activating group) is 1. The van der Waals surface area contributed by atoms with Crippen LogP contribution in [0.1, 0.15) is 24.2 Å². The van der Waals surface area contributed by atoms with Crippen molar-refractivity contribution in [3.63, 3.8) is 0 Å². The highest BCUT2D eigenvalue weighted by Gasteiger charge is 2.25. The Morgan fingerprint density at radius 2 is 1.97 bits per heavy atom. The van der Waals surface area contributed by atoms with Gasteiger partial charge in [0.2, 0.25) is 0 Å². The van der Waals surface area contributed by atoms with Crippen LogP contribution in [-0.4, -0.2) is 62.8 Å². The second-order valence-electron chi connectivity index (χ2n) is 8.33. The molecule has 0 spiro atoms. The van der Waals surface area contributed by atoms with E-state index in [0.29, 0.717) is 30.2 Å². The fraction of sp³-hybridized carbons (Fsp3) is 0.417. The monoisotopic (exact) mass is 458 g/mol. The van der Waals surface area contributed by atoms with Gasteiger partial charge in [-0.25, -0.2) is 9.18 Å². The Bertz CT molecular complexity index is 987. The first-order valence-corrected chi connectivity index (χ1v) is 10.9. The average molecular weight is 459 g/mol. The van der Waals surface area contributed by atoms with Gasteiger partial charge in [-0.2, -0.15) is 0 Å². The van der Waals surface area contributed by atoms with E-state index in [0.717, 1.165) is 6.54 Å². The summed E-state index contributed by atoms with van der Waals surface area (Å²) in [7, 11) is 3.37. The zero-order valence-corrected chi connectivity index (χ0v) is 19.4. The third-order valence-electron chi connectivity index (χ3n) is 5.61. The largest absolute Gasteiger partial charge is 0.491 e. The molecule has 3 rings (SSSR count). The van der Waals surface area contributed by atoms with Crippen LogP contribution in [0.5, 0.6) is 5.75 Å². The minimum atomic E-state index is -0.608. The fourth-order valence-electron chi connectivity index (χ4n) is 3.58. The average Bonchev–Trinajstić information content (AvgIpc) is 2.80. The van der Waals surface area contributed by atoms with Crippen molar-refractivity contribution in [2.45, 2.75) is 26.0 Å². The second-order valence-corrected chi connectivity index (χ2v) is 8.33. The highest BCUT2D eigenvalue weighted by molar-refractivity contribution is 6.01. The Balaban J connectivity index is 1.81. The molecule has 0 saturated carbocycles. The summed E-state index contributed by atoms with van der Waals surface area (Å²) in [4.78, 5) is 27.1. The summed E-state index contributed by atoms with van der Waals surface area (Å²) in [5, 5.41) is 8.55. The van der Waals surface area contributed by atoms with Gasteiger partial charge in [0.15, 0.2) is 0 Å². The third kappa shape index (κ3) is 6.43. The van der Waals surface area contributed by atoms with E-state index in [1.165, 1.54) is 12.1 Å². The van der Waals surface area contributed by atoms with Crippen LogP contribution in [0, 0.1) is 11.7 Å². The molecule has 178 valence electrons. The number of carbonyl (C=O) groups excluding carboxylic acids is 2. The fourth-order valence-corrected chi connectivity index (χ4v) is 3.58. The van der Waals surface area contributed by atoms with Crippen molar-refractivity contribution < 1.29 is 23.5 Å². The lowest BCUT2D eigenvalue weighted by atomic mass is 10.0. The van der Waals surface area contributed by atoms with E-state index in [-0.39, 0.29) is 29.7 Å². The normalized spacial score (nSPS) is 21.8. The van der Waals surface area contributed by atoms with Crippen LogP contribution in [0.15, 0.2) is 42.5 Å². The van der Waals surface area contributed by atoms with E-state index in [1.807, 2.05) is 6.92 Å². The van der Waals surface area contributed by atoms with Crippen LogP contribution in [0.25, 0.3) is 0 Å². The summed E-state index contributed by atoms with van der Waals surface area (Å²) in [6.07, 6.45) is -0.120. The summed E-state index contributed by atoms with van der Waals surface area (Å²) in [6.45, 7) is 5.56. The Morgan fingerprint density at radius 1 is 1.21 bits per heavy atom. The van der Waals surface area contributed by atoms with Crippen LogP contribution in [-0.2, 0) is 4.74 Å². The number of benzene rings is 2. The number of anilines is 2. The number of para-hydroxylation sites is 1. The van der Waals surface area contributed by atoms with E-state index < -0.39 is 11.8 Å². The highest BCUT2D eigenvalue weighted by atomic mass is 19.1. The van der Waals surface area contributed by atoms with Gasteiger partial charge in [-0.15, -0.1) is 0 Å². The van der Waals surface area contributed by atoms with Crippen molar-refractivity contribution >= 4 is 23.3 Å². The van der Waals surface area contributed by atoms with Crippen molar-refractivity contribution in [1.82, 2.24) is 10.2 Å². The number of methoxy groups -OCH3 is 1. The van der Waals surface area contributed by atoms with Crippen molar-refractivity contribution in [2.75, 3.05) is 44.5 Å². The Morgan fingerprint density at radius 3 is 2.70 bits per heavy atom. The number of ether oxygens (including phenoxy) is 2. The van der Waals surface area contributed by atoms with E-state index in [9.17, 15) is 14.0 Å². The number of halogens is 1. The third-order valence-corrected chi connectivity index (χ3v) is 5.61. The molecule has 0 bridgehead atoms. The number of carbonyl (C=O) groups is 2. The predicted molar refractivity (Wildman–Crippen MR) is 125 cm³/mol. The first-order chi connectivity index (χ1) is 15.8. The molecular weight excluding hydrogens is 427 g/mol. The first-order valence-electron chi connectivity index (χ1n) is 10.9. The van der Waals surface area contributed by atoms with Crippen molar-refractivity contribution in [3.8, 4) is 5.75 Å². The SMILES string of the molecule is CO[C@@H]1CN(C)C(=O)c2ccc(NC(=O)Nc3ccccc3F)cc2OC[C@H](C)NC[C@@H]1C.